The summed E-state index contributed by atoms with van der Waals surface area (Å²) in [6.07, 6.45) is 8.24. The van der Waals surface area contributed by atoms with E-state index in [1.165, 1.54) is 95.3 Å². The number of rotatable bonds is 0. The summed E-state index contributed by atoms with van der Waals surface area (Å²) >= 11 is 0. The number of nitroso groups, excluding NO2 is 4. The fourth-order valence-corrected chi connectivity index (χ4v) is 5.11. The summed E-state index contributed by atoms with van der Waals surface area (Å²) < 4.78 is 59.2. The van der Waals surface area contributed by atoms with Crippen molar-refractivity contribution in [2.24, 2.45) is 0 Å². The van der Waals surface area contributed by atoms with Crippen molar-refractivity contribution in [3.63, 3.8) is 0 Å². The second-order valence-corrected chi connectivity index (χ2v) is 18.5. The van der Waals surface area contributed by atoms with Gasteiger partial charge in [0.15, 0.2) is 0 Å². The van der Waals surface area contributed by atoms with Crippen LogP contribution < -0.4 is 0 Å². The van der Waals surface area contributed by atoms with Gasteiger partial charge in [0.25, 0.3) is 5.09 Å². The topological polar surface area (TPSA) is 333 Å². The van der Waals surface area contributed by atoms with Gasteiger partial charge in [0, 0.05) is 17.1 Å². The molecule has 0 heterocycles. The van der Waals surface area contributed by atoms with E-state index in [-0.39, 0.29) is 85.3 Å². The van der Waals surface area contributed by atoms with Crippen LogP contribution in [0.15, 0.2) is 170 Å². The fourth-order valence-electron chi connectivity index (χ4n) is 5.11. The molecule has 0 aromatic heterocycles. The SMILES string of the molecule is C[C]1[CH][CH][CH-][CH]1.Cc1ccc[cH-]1.Cc1ccc[cH-]1.Cc1ccc[cH-]1.Cc1cccc(C)c1.Cc1cccc(C)c1.Cc1cccc(C)c1.Cc1cccc(C)c1.F[P-](F)(F)(F)(F)F.O=[N+]([O-])O.[C-]#N.[C-]#N.[C-]#N.[C-]#N.[C-]#[N+]C.[C-]#[N+]C.[C-]#[N+]C.[C-]#[N+]C.[Mn+2].[Mn+2].[Mn+2].[Mn+2].[Mn].[N-]=O.[N-]=O.[N-]=O.[N-]=O. The maximum absolute atomic E-state index is 10.7. The summed E-state index contributed by atoms with van der Waals surface area (Å²) in [5.41, 5.74) is 37.7. The Kier molecular flexibility index (Phi) is 155. The van der Waals surface area contributed by atoms with Gasteiger partial charge in [-0.05, 0) is 55.4 Å². The standard InChI is InChI=1S/4C8H10.4C6H7.4C2H3N.4CN.F6P.5Mn.HNO3.4NO/c4*1-7-4-3-5-8(2)6-7;4*1-6-4-2-3-5-6;4*1-3-2;4*1-2;1-7(2,3,4,5)6;;;;;;2-1(3)4;4*1-2/h4*3-6H,1-2H3;4*2-5H,1H3;4*1H3;;;;;;;;;;;(H,2,3,4);;;;/q;;;;4*-1;;;;;5*-1;;4*+2;;4*-1. The van der Waals surface area contributed by atoms with Crippen LogP contribution in [0.5, 0.6) is 0 Å². The van der Waals surface area contributed by atoms with E-state index in [2.05, 4.69) is 249 Å². The third kappa shape index (κ3) is 198. The minimum Gasteiger partial charge on any atom is -0.577 e. The molecule has 9 radical (unpaired) electrons. The molecule has 8 rings (SSSR count). The Hall–Kier alpha value is -8.94. The zero-order valence-electron chi connectivity index (χ0n) is 57.8. The Labute approximate surface area is 643 Å². The van der Waals surface area contributed by atoms with Crippen LogP contribution in [0.25, 0.3) is 41.8 Å². The molecule has 0 saturated heterocycles. The molecule has 0 atom stereocenters. The molecule has 1 aliphatic carbocycles. The molecule has 7 aromatic carbocycles. The molecule has 7 aromatic rings. The molecule has 1 saturated carbocycles. The first kappa shape index (κ1) is 142. The molecule has 547 valence electrons. The van der Waals surface area contributed by atoms with Crippen molar-refractivity contribution in [1.82, 2.24) is 0 Å². The smallest absolute Gasteiger partial charge is 0.577 e. The van der Waals surface area contributed by atoms with Crippen molar-refractivity contribution in [2.45, 2.75) is 83.1 Å². The number of aryl methyl sites for hydroxylation is 11. The molecule has 0 aliphatic heterocycles. The van der Waals surface area contributed by atoms with Crippen LogP contribution in [0, 0.1) is 211 Å². The van der Waals surface area contributed by atoms with Crippen LogP contribution in [0.2, 0.25) is 0 Å². The van der Waals surface area contributed by atoms with E-state index >= 15 is 0 Å². The van der Waals surface area contributed by atoms with Gasteiger partial charge in [-0.25, -0.2) is 62.7 Å². The van der Waals surface area contributed by atoms with E-state index in [0.29, 0.717) is 0 Å². The second-order valence-electron chi connectivity index (χ2n) is 16.6. The van der Waals surface area contributed by atoms with Gasteiger partial charge in [0.05, 0.1) is 0 Å². The van der Waals surface area contributed by atoms with Crippen LogP contribution in [0.4, 0.5) is 25.2 Å². The van der Waals surface area contributed by atoms with E-state index in [0.717, 1.165) is 0 Å². The molecule has 20 nitrogen and oxygen atoms in total. The fraction of sp³-hybridized carbons (Fsp3) is 0.235. The van der Waals surface area contributed by atoms with Gasteiger partial charge in [-0.3, -0.25) is 0 Å². The molecule has 1 aliphatic rings. The third-order valence-corrected chi connectivity index (χ3v) is 8.01. The maximum Gasteiger partial charge on any atom is 2.00 e. The van der Waals surface area contributed by atoms with E-state index in [9.17, 15) is 25.2 Å². The summed E-state index contributed by atoms with van der Waals surface area (Å²) in [6, 6.07) is 58.5. The van der Waals surface area contributed by atoms with Crippen LogP contribution in [0.1, 0.15) is 68.1 Å². The molecular weight excluding hydrogens is 1530 g/mol. The Morgan fingerprint density at radius 1 is 0.400 bits per heavy atom. The predicted molar refractivity (Wildman–Crippen MR) is 369 cm³/mol. The maximum atomic E-state index is 9.87. The van der Waals surface area contributed by atoms with Crippen molar-refractivity contribution in [3.8, 4) is 0 Å². The Balaban J connectivity index is -0.0000000411. The quantitative estimate of drug-likeness (QED) is 0.0371. The normalized spacial score (nSPS) is 8.50. The summed E-state index contributed by atoms with van der Waals surface area (Å²) in [7, 11) is -4.99. The number of halogens is 6. The second kappa shape index (κ2) is 109. The van der Waals surface area contributed by atoms with Gasteiger partial charge in [-0.2, -0.15) is 65.9 Å². The zero-order chi connectivity index (χ0) is 78.4. The minimum atomic E-state index is -10.7. The van der Waals surface area contributed by atoms with Crippen molar-refractivity contribution in [1.29, 1.82) is 21.0 Å². The average Bonchev–Trinajstić information content (AvgIpc) is 0.967. The minimum absolute atomic E-state index is 0. The van der Waals surface area contributed by atoms with E-state index in [4.69, 9.17) is 131 Å². The monoisotopic (exact) mass is 1610 g/mol. The molecule has 0 spiro atoms. The summed E-state index contributed by atoms with van der Waals surface area (Å²) in [5.74, 6) is 1.34. The van der Waals surface area contributed by atoms with E-state index in [1.54, 1.807) is 0 Å². The molecule has 100 heavy (non-hydrogen) atoms. The van der Waals surface area contributed by atoms with Gasteiger partial charge in [-0.1, -0.05) is 182 Å². The first-order valence-corrected chi connectivity index (χ1v) is 27.5. The number of nitrogens with zero attached hydrogens (tertiary/aromatic N) is 13. The third-order valence-electron chi connectivity index (χ3n) is 8.01. The molecular formula is C68H81F6Mn5N13O7P-5. The summed E-state index contributed by atoms with van der Waals surface area (Å²) in [4.78, 5) is 48.4. The zero-order valence-corrected chi connectivity index (χ0v) is 64.6. The Bertz CT molecular complexity index is 2600. The van der Waals surface area contributed by atoms with Crippen molar-refractivity contribution < 1.29 is 121 Å². The van der Waals surface area contributed by atoms with Crippen molar-refractivity contribution >= 4 is 7.81 Å². The van der Waals surface area contributed by atoms with Crippen LogP contribution in [0.3, 0.4) is 0 Å². The number of benzene rings is 4. The summed E-state index contributed by atoms with van der Waals surface area (Å²) in [5, 5.41) is 38.6. The largest absolute Gasteiger partial charge is 2.00 e. The van der Waals surface area contributed by atoms with Gasteiger partial charge in [0.1, 0.15) is 0 Å². The van der Waals surface area contributed by atoms with Gasteiger partial charge < -0.3 is 120 Å². The first-order chi connectivity index (χ1) is 44.6. The van der Waals surface area contributed by atoms with E-state index in [1.807, 2.05) is 49.2 Å². The van der Waals surface area contributed by atoms with Gasteiger partial charge in [0.2, 0.25) is 28.2 Å². The molecule has 0 amide bonds. The Morgan fingerprint density at radius 3 is 0.580 bits per heavy atom. The van der Waals surface area contributed by atoms with Crippen LogP contribution >= 0.6 is 7.81 Å². The van der Waals surface area contributed by atoms with E-state index < -0.39 is 12.9 Å². The van der Waals surface area contributed by atoms with Crippen LogP contribution in [-0.4, -0.2) is 38.5 Å². The number of hydrogen-bond acceptors (Lipinski definition) is 10. The van der Waals surface area contributed by atoms with Crippen molar-refractivity contribution in [3.05, 3.63) is 387 Å². The van der Waals surface area contributed by atoms with Crippen LogP contribution in [-0.2, 0) is 85.3 Å². The Morgan fingerprint density at radius 2 is 0.540 bits per heavy atom. The first-order valence-electron chi connectivity index (χ1n) is 25.5. The van der Waals surface area contributed by atoms with Crippen molar-refractivity contribution in [2.75, 3.05) is 28.2 Å². The van der Waals surface area contributed by atoms with Gasteiger partial charge in [-0.15, -0.1) is 10.1 Å². The molecule has 1 N–H and O–H groups in total. The molecule has 1 fully saturated rings. The average molecular weight is 1610 g/mol. The molecule has 0 bridgehead atoms. The molecule has 0 unspecified atom stereocenters. The summed E-state index contributed by atoms with van der Waals surface area (Å²) in [6.45, 7) is 67.5. The number of hydrogen-bond donors (Lipinski definition) is 1. The molecule has 32 heteroatoms. The van der Waals surface area contributed by atoms with Gasteiger partial charge >= 0.3 is 101 Å². The predicted octanol–water partition coefficient (Wildman–Crippen LogP) is 22.6.